The maximum absolute atomic E-state index is 9.10. The van der Waals surface area contributed by atoms with E-state index in [4.69, 9.17) is 11.5 Å². The Morgan fingerprint density at radius 2 is 1.77 bits per heavy atom. The van der Waals surface area contributed by atoms with Crippen molar-refractivity contribution in [3.8, 4) is 23.8 Å². The largest absolute Gasteiger partial charge is 0.369 e. The summed E-state index contributed by atoms with van der Waals surface area (Å²) >= 11 is 0. The molecule has 0 aliphatic rings. The van der Waals surface area contributed by atoms with Gasteiger partial charge in [-0.25, -0.2) is 0 Å². The summed E-state index contributed by atoms with van der Waals surface area (Å²) in [6, 6.07) is 0. The Hall–Kier alpha value is -0.703. The number of aliphatic hydroxyl groups excluding tert-OH is 1. The zero-order chi connectivity index (χ0) is 10.7. The maximum Gasteiger partial charge on any atom is 0.175 e. The van der Waals surface area contributed by atoms with Gasteiger partial charge in [0.2, 0.25) is 0 Å². The summed E-state index contributed by atoms with van der Waals surface area (Å²) in [5, 5.41) is 9.32. The second-order valence-corrected chi connectivity index (χ2v) is 9.71. The zero-order valence-corrected chi connectivity index (χ0v) is 10.1. The molecule has 0 heterocycles. The van der Waals surface area contributed by atoms with E-state index in [-0.39, 0.29) is 5.04 Å². The van der Waals surface area contributed by atoms with E-state index >= 15 is 0 Å². The van der Waals surface area contributed by atoms with Crippen LogP contribution >= 0.6 is 0 Å². The lowest BCUT2D eigenvalue weighted by molar-refractivity contribution is 0.290. The van der Waals surface area contributed by atoms with E-state index in [2.05, 4.69) is 51.2 Å². The topological polar surface area (TPSA) is 20.2 Å². The Bertz CT molecular complexity index is 267. The lowest BCUT2D eigenvalue weighted by Gasteiger charge is -2.31. The number of rotatable bonds is 0. The molecule has 0 aromatic rings. The van der Waals surface area contributed by atoms with Gasteiger partial charge in [-0.15, -0.1) is 12.0 Å². The van der Waals surface area contributed by atoms with Gasteiger partial charge in [-0.05, 0) is 5.04 Å². The van der Waals surface area contributed by atoms with Crippen molar-refractivity contribution >= 4 is 8.07 Å². The minimum absolute atomic E-state index is 0.217. The predicted octanol–water partition coefficient (Wildman–Crippen LogP) is 2.03. The fourth-order valence-electron chi connectivity index (χ4n) is 0.478. The quantitative estimate of drug-likeness (QED) is 0.462. The Labute approximate surface area is 82.6 Å². The highest BCUT2D eigenvalue weighted by Gasteiger charge is 2.33. The zero-order valence-electron chi connectivity index (χ0n) is 9.10. The first kappa shape index (κ1) is 12.3. The highest BCUT2D eigenvalue weighted by atomic mass is 28.3. The predicted molar refractivity (Wildman–Crippen MR) is 59.8 cm³/mol. The molecule has 0 amide bonds. The van der Waals surface area contributed by atoms with Crippen molar-refractivity contribution in [1.82, 2.24) is 0 Å². The standard InChI is InChI=1S/C11H18OSi/c1-7-10(12)8-9-13(5,6)11(2,3)4/h1,10,12H,2-6H3. The van der Waals surface area contributed by atoms with Crippen LogP contribution < -0.4 is 0 Å². The van der Waals surface area contributed by atoms with E-state index in [1.54, 1.807) is 0 Å². The molecule has 0 aromatic carbocycles. The number of terminal acetylenes is 1. The Morgan fingerprint density at radius 1 is 1.31 bits per heavy atom. The van der Waals surface area contributed by atoms with E-state index in [9.17, 15) is 0 Å². The van der Waals surface area contributed by atoms with Crippen molar-refractivity contribution in [1.29, 1.82) is 0 Å². The van der Waals surface area contributed by atoms with Crippen LogP contribution in [-0.4, -0.2) is 19.3 Å². The maximum atomic E-state index is 9.10. The summed E-state index contributed by atoms with van der Waals surface area (Å²) in [6.45, 7) is 10.9. The van der Waals surface area contributed by atoms with E-state index in [1.165, 1.54) is 0 Å². The van der Waals surface area contributed by atoms with Crippen molar-refractivity contribution in [3.63, 3.8) is 0 Å². The summed E-state index contributed by atoms with van der Waals surface area (Å²) in [4.78, 5) is 0. The molecule has 2 heteroatoms. The van der Waals surface area contributed by atoms with Gasteiger partial charge >= 0.3 is 0 Å². The molecule has 0 saturated heterocycles. The summed E-state index contributed by atoms with van der Waals surface area (Å²) in [5.74, 6) is 4.90. The van der Waals surface area contributed by atoms with E-state index < -0.39 is 14.2 Å². The molecule has 0 radical (unpaired) electrons. The summed E-state index contributed by atoms with van der Waals surface area (Å²) < 4.78 is 0. The molecule has 0 spiro atoms. The Kier molecular flexibility index (Phi) is 3.79. The van der Waals surface area contributed by atoms with Gasteiger partial charge in [-0.1, -0.05) is 45.7 Å². The average Bonchev–Trinajstić information content (AvgIpc) is 1.98. The SMILES string of the molecule is C#CC(O)C#C[Si](C)(C)C(C)(C)C. The van der Waals surface area contributed by atoms with Crippen molar-refractivity contribution in [2.24, 2.45) is 0 Å². The molecule has 0 aliphatic carbocycles. The lowest BCUT2D eigenvalue weighted by Crippen LogP contribution is -2.35. The van der Waals surface area contributed by atoms with Crippen LogP contribution in [0.25, 0.3) is 0 Å². The van der Waals surface area contributed by atoms with Crippen LogP contribution in [0.2, 0.25) is 18.1 Å². The molecule has 0 aromatic heterocycles. The molecule has 1 N–H and O–H groups in total. The van der Waals surface area contributed by atoms with Crippen molar-refractivity contribution in [3.05, 3.63) is 0 Å². The fraction of sp³-hybridized carbons (Fsp3) is 0.636. The van der Waals surface area contributed by atoms with Gasteiger partial charge in [0.15, 0.2) is 6.10 Å². The molecule has 0 bridgehead atoms. The van der Waals surface area contributed by atoms with Gasteiger partial charge < -0.3 is 5.11 Å². The van der Waals surface area contributed by atoms with E-state index in [0.717, 1.165) is 0 Å². The van der Waals surface area contributed by atoms with Crippen molar-refractivity contribution in [2.75, 3.05) is 0 Å². The molecule has 0 rings (SSSR count). The van der Waals surface area contributed by atoms with Crippen LogP contribution in [0.1, 0.15) is 20.8 Å². The minimum Gasteiger partial charge on any atom is -0.369 e. The third-order valence-electron chi connectivity index (χ3n) is 2.55. The second kappa shape index (κ2) is 4.00. The number of hydrogen-bond donors (Lipinski definition) is 1. The third-order valence-corrected chi connectivity index (χ3v) is 7.07. The van der Waals surface area contributed by atoms with Gasteiger partial charge in [0.25, 0.3) is 0 Å². The molecular weight excluding hydrogens is 176 g/mol. The molecule has 13 heavy (non-hydrogen) atoms. The summed E-state index contributed by atoms with van der Waals surface area (Å²) in [6.07, 6.45) is 4.12. The first-order valence-corrected chi connectivity index (χ1v) is 7.37. The summed E-state index contributed by atoms with van der Waals surface area (Å²) in [7, 11) is -1.60. The molecule has 1 nitrogen and oxygen atoms in total. The highest BCUT2D eigenvalue weighted by Crippen LogP contribution is 2.35. The van der Waals surface area contributed by atoms with E-state index in [1.807, 2.05) is 0 Å². The minimum atomic E-state index is -1.60. The Morgan fingerprint density at radius 3 is 2.08 bits per heavy atom. The van der Waals surface area contributed by atoms with Gasteiger partial charge in [0.1, 0.15) is 8.07 Å². The molecule has 0 saturated carbocycles. The lowest BCUT2D eigenvalue weighted by atomic mass is 10.2. The molecule has 0 fully saturated rings. The van der Waals surface area contributed by atoms with Crippen LogP contribution in [-0.2, 0) is 0 Å². The van der Waals surface area contributed by atoms with Crippen molar-refractivity contribution < 1.29 is 5.11 Å². The summed E-state index contributed by atoms with van der Waals surface area (Å²) in [5.41, 5.74) is 3.15. The van der Waals surface area contributed by atoms with Crippen LogP contribution in [0.4, 0.5) is 0 Å². The van der Waals surface area contributed by atoms with Gasteiger partial charge in [-0.3, -0.25) is 0 Å². The van der Waals surface area contributed by atoms with Gasteiger partial charge in [0, 0.05) is 0 Å². The number of hydrogen-bond acceptors (Lipinski definition) is 1. The fourth-order valence-corrected chi connectivity index (χ4v) is 1.35. The molecule has 0 aliphatic heterocycles. The van der Waals surface area contributed by atoms with Crippen LogP contribution in [0, 0.1) is 23.8 Å². The third kappa shape index (κ3) is 3.68. The second-order valence-electron chi connectivity index (χ2n) is 4.71. The highest BCUT2D eigenvalue weighted by molar-refractivity contribution is 6.87. The Balaban J connectivity index is 4.68. The van der Waals surface area contributed by atoms with Gasteiger partial charge in [0.05, 0.1) is 0 Å². The van der Waals surface area contributed by atoms with Gasteiger partial charge in [-0.2, -0.15) is 0 Å². The molecule has 72 valence electrons. The van der Waals surface area contributed by atoms with Crippen molar-refractivity contribution in [2.45, 2.75) is 45.0 Å². The van der Waals surface area contributed by atoms with Crippen LogP contribution in [0.15, 0.2) is 0 Å². The normalized spacial score (nSPS) is 13.9. The monoisotopic (exact) mass is 194 g/mol. The van der Waals surface area contributed by atoms with Crippen LogP contribution in [0.5, 0.6) is 0 Å². The first-order valence-electron chi connectivity index (χ1n) is 4.37. The van der Waals surface area contributed by atoms with E-state index in [0.29, 0.717) is 0 Å². The molecule has 1 atom stereocenters. The average molecular weight is 194 g/mol. The number of aliphatic hydroxyl groups is 1. The molecular formula is C11H18OSi. The first-order chi connectivity index (χ1) is 5.70. The smallest absolute Gasteiger partial charge is 0.175 e. The van der Waals surface area contributed by atoms with Crippen LogP contribution in [0.3, 0.4) is 0 Å². The molecule has 1 unspecified atom stereocenters.